The van der Waals surface area contributed by atoms with Gasteiger partial charge in [-0.25, -0.2) is 4.98 Å². The van der Waals surface area contributed by atoms with Crippen LogP contribution in [0.2, 0.25) is 0 Å². The van der Waals surface area contributed by atoms with Gasteiger partial charge in [0.15, 0.2) is 0 Å². The van der Waals surface area contributed by atoms with Crippen LogP contribution in [0.4, 0.5) is 5.82 Å². The molecule has 1 fully saturated rings. The summed E-state index contributed by atoms with van der Waals surface area (Å²) in [7, 11) is 1.77. The van der Waals surface area contributed by atoms with Gasteiger partial charge in [-0.3, -0.25) is 0 Å². The molecule has 2 rings (SSSR count). The Kier molecular flexibility index (Phi) is 3.26. The Bertz CT molecular complexity index is 356. The maximum absolute atomic E-state index is 5.35. The zero-order valence-electron chi connectivity index (χ0n) is 9.03. The first-order valence-electron chi connectivity index (χ1n) is 5.10. The molecule has 82 valence electrons. The van der Waals surface area contributed by atoms with Crippen LogP contribution in [0, 0.1) is 6.92 Å². The second-order valence-corrected chi connectivity index (χ2v) is 4.80. The minimum Gasteiger partial charge on any atom is -0.380 e. The minimum absolute atomic E-state index is 0.356. The monoisotopic (exact) mass is 270 g/mol. The molecule has 1 atom stereocenters. The number of halogens is 1. The molecule has 1 aliphatic heterocycles. The standard InChI is InChI=1S/C11H15BrN2O/c1-8-5-9(12)6-13-11(8)14-4-3-10(7-14)15-2/h5-6,10H,3-4,7H2,1-2H3/t10-/m1/s1. The van der Waals surface area contributed by atoms with Gasteiger partial charge < -0.3 is 9.64 Å². The van der Waals surface area contributed by atoms with E-state index in [0.717, 1.165) is 29.8 Å². The summed E-state index contributed by atoms with van der Waals surface area (Å²) in [4.78, 5) is 6.74. The third kappa shape index (κ3) is 2.32. The van der Waals surface area contributed by atoms with Gasteiger partial charge in [-0.2, -0.15) is 0 Å². The van der Waals surface area contributed by atoms with Crippen LogP contribution >= 0.6 is 15.9 Å². The molecule has 0 spiro atoms. The van der Waals surface area contributed by atoms with Crippen LogP contribution in [0.5, 0.6) is 0 Å². The fourth-order valence-corrected chi connectivity index (χ4v) is 2.42. The number of nitrogens with zero attached hydrogens (tertiary/aromatic N) is 2. The van der Waals surface area contributed by atoms with Crippen LogP contribution in [0.3, 0.4) is 0 Å². The van der Waals surface area contributed by atoms with Crippen molar-refractivity contribution < 1.29 is 4.74 Å². The highest BCUT2D eigenvalue weighted by Gasteiger charge is 2.23. The molecule has 0 unspecified atom stereocenters. The maximum atomic E-state index is 5.35. The van der Waals surface area contributed by atoms with Crippen molar-refractivity contribution >= 4 is 21.7 Å². The van der Waals surface area contributed by atoms with Gasteiger partial charge >= 0.3 is 0 Å². The molecule has 0 bridgehead atoms. The summed E-state index contributed by atoms with van der Waals surface area (Å²) in [5, 5.41) is 0. The Balaban J connectivity index is 2.17. The molecule has 1 aliphatic rings. The lowest BCUT2D eigenvalue weighted by Crippen LogP contribution is -2.23. The van der Waals surface area contributed by atoms with Crippen LogP contribution < -0.4 is 4.90 Å². The molecule has 0 amide bonds. The number of rotatable bonds is 2. The Morgan fingerprint density at radius 1 is 1.60 bits per heavy atom. The van der Waals surface area contributed by atoms with Crippen LogP contribution in [0.25, 0.3) is 0 Å². The third-order valence-electron chi connectivity index (χ3n) is 2.80. The molecule has 1 saturated heterocycles. The number of aryl methyl sites for hydroxylation is 1. The molecular formula is C11H15BrN2O. The Labute approximate surface area is 98.6 Å². The second-order valence-electron chi connectivity index (χ2n) is 3.89. The summed E-state index contributed by atoms with van der Waals surface area (Å²) in [6.07, 6.45) is 3.30. The van der Waals surface area contributed by atoms with E-state index < -0.39 is 0 Å². The van der Waals surface area contributed by atoms with Gasteiger partial charge in [0, 0.05) is 30.9 Å². The topological polar surface area (TPSA) is 25.4 Å². The molecule has 0 saturated carbocycles. The zero-order chi connectivity index (χ0) is 10.8. The predicted octanol–water partition coefficient (Wildman–Crippen LogP) is 2.38. The van der Waals surface area contributed by atoms with Gasteiger partial charge in [0.2, 0.25) is 0 Å². The van der Waals surface area contributed by atoms with E-state index in [1.54, 1.807) is 7.11 Å². The summed E-state index contributed by atoms with van der Waals surface area (Å²) in [6.45, 7) is 4.08. The maximum Gasteiger partial charge on any atom is 0.131 e. The molecule has 1 aromatic rings. The molecule has 4 heteroatoms. The van der Waals surface area contributed by atoms with Crippen LogP contribution in [-0.2, 0) is 4.74 Å². The number of hydrogen-bond donors (Lipinski definition) is 0. The minimum atomic E-state index is 0.356. The van der Waals surface area contributed by atoms with Crippen molar-refractivity contribution in [1.82, 2.24) is 4.98 Å². The van der Waals surface area contributed by atoms with Crippen LogP contribution in [0.1, 0.15) is 12.0 Å². The second kappa shape index (κ2) is 4.49. The normalized spacial score (nSPS) is 21.0. The summed E-state index contributed by atoms with van der Waals surface area (Å²) < 4.78 is 6.38. The summed E-state index contributed by atoms with van der Waals surface area (Å²) in [6, 6.07) is 2.10. The van der Waals surface area contributed by atoms with E-state index in [9.17, 15) is 0 Å². The predicted molar refractivity (Wildman–Crippen MR) is 64.3 cm³/mol. The lowest BCUT2D eigenvalue weighted by molar-refractivity contribution is 0.121. The average Bonchev–Trinajstić information content (AvgIpc) is 2.66. The Morgan fingerprint density at radius 3 is 3.00 bits per heavy atom. The molecule has 0 aliphatic carbocycles. The van der Waals surface area contributed by atoms with E-state index >= 15 is 0 Å². The van der Waals surface area contributed by atoms with Crippen molar-refractivity contribution in [2.24, 2.45) is 0 Å². The van der Waals surface area contributed by atoms with Gasteiger partial charge in [0.05, 0.1) is 6.10 Å². The molecule has 0 radical (unpaired) electrons. The number of hydrogen-bond acceptors (Lipinski definition) is 3. The fourth-order valence-electron chi connectivity index (χ4n) is 1.98. The molecular weight excluding hydrogens is 256 g/mol. The highest BCUT2D eigenvalue weighted by molar-refractivity contribution is 9.10. The van der Waals surface area contributed by atoms with Gasteiger partial charge in [0.1, 0.15) is 5.82 Å². The fraction of sp³-hybridized carbons (Fsp3) is 0.545. The van der Waals surface area contributed by atoms with E-state index in [1.807, 2.05) is 6.20 Å². The SMILES string of the molecule is CO[C@@H]1CCN(c2ncc(Br)cc2C)C1. The highest BCUT2D eigenvalue weighted by Crippen LogP contribution is 2.24. The van der Waals surface area contributed by atoms with Crippen LogP contribution in [-0.4, -0.2) is 31.3 Å². The highest BCUT2D eigenvalue weighted by atomic mass is 79.9. The van der Waals surface area contributed by atoms with Gasteiger partial charge in [-0.05, 0) is 40.9 Å². The first-order valence-corrected chi connectivity index (χ1v) is 5.90. The van der Waals surface area contributed by atoms with E-state index in [4.69, 9.17) is 4.74 Å². The summed E-state index contributed by atoms with van der Waals surface area (Å²) in [5.74, 6) is 1.08. The summed E-state index contributed by atoms with van der Waals surface area (Å²) >= 11 is 3.42. The van der Waals surface area contributed by atoms with Crippen molar-refractivity contribution in [3.05, 3.63) is 22.3 Å². The van der Waals surface area contributed by atoms with E-state index in [1.165, 1.54) is 5.56 Å². The number of pyridine rings is 1. The molecule has 3 nitrogen and oxygen atoms in total. The van der Waals surface area contributed by atoms with Crippen molar-refractivity contribution in [2.45, 2.75) is 19.4 Å². The van der Waals surface area contributed by atoms with Crippen molar-refractivity contribution in [3.8, 4) is 0 Å². The van der Waals surface area contributed by atoms with Crippen LogP contribution in [0.15, 0.2) is 16.7 Å². The van der Waals surface area contributed by atoms with Gasteiger partial charge in [0.25, 0.3) is 0 Å². The number of aromatic nitrogens is 1. The lowest BCUT2D eigenvalue weighted by atomic mass is 10.3. The van der Waals surface area contributed by atoms with Crippen molar-refractivity contribution in [1.29, 1.82) is 0 Å². The van der Waals surface area contributed by atoms with Gasteiger partial charge in [-0.15, -0.1) is 0 Å². The molecule has 15 heavy (non-hydrogen) atoms. The van der Waals surface area contributed by atoms with Crippen molar-refractivity contribution in [2.75, 3.05) is 25.1 Å². The lowest BCUT2D eigenvalue weighted by Gasteiger charge is -2.19. The third-order valence-corrected chi connectivity index (χ3v) is 3.23. The first-order chi connectivity index (χ1) is 7.20. The zero-order valence-corrected chi connectivity index (χ0v) is 10.6. The Hall–Kier alpha value is -0.610. The molecule has 0 aromatic carbocycles. The van der Waals surface area contributed by atoms with E-state index in [-0.39, 0.29) is 0 Å². The smallest absolute Gasteiger partial charge is 0.131 e. The molecule has 2 heterocycles. The summed E-state index contributed by atoms with van der Waals surface area (Å²) in [5.41, 5.74) is 1.21. The largest absolute Gasteiger partial charge is 0.380 e. The van der Waals surface area contributed by atoms with Crippen molar-refractivity contribution in [3.63, 3.8) is 0 Å². The van der Waals surface area contributed by atoms with E-state index in [0.29, 0.717) is 6.10 Å². The average molecular weight is 271 g/mol. The number of methoxy groups -OCH3 is 1. The van der Waals surface area contributed by atoms with E-state index in [2.05, 4.69) is 38.8 Å². The quantitative estimate of drug-likeness (QED) is 0.825. The number of ether oxygens (including phenoxy) is 1. The molecule has 1 aromatic heterocycles. The molecule has 0 N–H and O–H groups in total. The Morgan fingerprint density at radius 2 is 2.40 bits per heavy atom. The number of anilines is 1. The first kappa shape index (κ1) is 10.9. The van der Waals surface area contributed by atoms with Gasteiger partial charge in [-0.1, -0.05) is 0 Å².